The van der Waals surface area contributed by atoms with Crippen LogP contribution < -0.4 is 0 Å². The van der Waals surface area contributed by atoms with Gasteiger partial charge in [0.2, 0.25) is 0 Å². The molecule has 1 aliphatic rings. The zero-order chi connectivity index (χ0) is 16.8. The molecule has 1 unspecified atom stereocenters. The van der Waals surface area contributed by atoms with Crippen LogP contribution in [0.15, 0.2) is 30.0 Å². The summed E-state index contributed by atoms with van der Waals surface area (Å²) in [4.78, 5) is 13.6. The molecule has 3 aromatic heterocycles. The maximum Gasteiger partial charge on any atom is 0.150 e. The maximum atomic E-state index is 4.95. The van der Waals surface area contributed by atoms with Crippen molar-refractivity contribution < 1.29 is 0 Å². The van der Waals surface area contributed by atoms with E-state index in [-0.39, 0.29) is 10.8 Å². The minimum atomic E-state index is 0.00950. The van der Waals surface area contributed by atoms with Crippen LogP contribution in [0.5, 0.6) is 0 Å². The van der Waals surface area contributed by atoms with Gasteiger partial charge in [0.1, 0.15) is 5.82 Å². The highest BCUT2D eigenvalue weighted by Crippen LogP contribution is 2.68. The molecule has 6 heteroatoms. The van der Waals surface area contributed by atoms with Gasteiger partial charge in [0.15, 0.2) is 5.82 Å². The molecule has 0 saturated heterocycles. The first-order chi connectivity index (χ1) is 11.6. The van der Waals surface area contributed by atoms with Gasteiger partial charge in [0, 0.05) is 36.2 Å². The molecule has 1 N–H and O–H groups in total. The van der Waals surface area contributed by atoms with Gasteiger partial charge in [0.05, 0.1) is 11.7 Å². The number of hydrogen-bond acceptors (Lipinski definition) is 4. The predicted octanol–water partition coefficient (Wildman–Crippen LogP) is 3.58. The summed E-state index contributed by atoms with van der Waals surface area (Å²) in [6.07, 6.45) is 6.50. The van der Waals surface area contributed by atoms with Crippen molar-refractivity contribution in [3.8, 4) is 0 Å². The average Bonchev–Trinajstić information content (AvgIpc) is 3.15. The van der Waals surface area contributed by atoms with E-state index in [9.17, 15) is 0 Å². The van der Waals surface area contributed by atoms with E-state index in [1.807, 2.05) is 17.5 Å². The number of aryl methyl sites for hydroxylation is 3. The van der Waals surface area contributed by atoms with E-state index in [1.54, 1.807) is 6.33 Å². The monoisotopic (exact) mass is 341 g/mol. The van der Waals surface area contributed by atoms with Crippen LogP contribution >= 0.6 is 11.3 Å². The summed E-state index contributed by atoms with van der Waals surface area (Å²) in [6.45, 7) is 7.63. The number of rotatable bonds is 6. The SMILES string of the molecule is CCc1nc(C2(c3cccs3)CC2(C)C)n(CCc2cnc[nH]2)n1. The average molecular weight is 341 g/mol. The Bertz CT molecular complexity index is 816. The second kappa shape index (κ2) is 5.55. The zero-order valence-corrected chi connectivity index (χ0v) is 15.2. The number of H-pyrrole nitrogens is 1. The van der Waals surface area contributed by atoms with E-state index >= 15 is 0 Å². The highest BCUT2D eigenvalue weighted by Gasteiger charge is 2.66. The highest BCUT2D eigenvalue weighted by molar-refractivity contribution is 7.10. The van der Waals surface area contributed by atoms with Crippen molar-refractivity contribution in [2.24, 2.45) is 5.41 Å². The van der Waals surface area contributed by atoms with Crippen LogP contribution in [0.1, 0.15) is 49.4 Å². The Hall–Kier alpha value is -1.95. The first-order valence-corrected chi connectivity index (χ1v) is 9.40. The summed E-state index contributed by atoms with van der Waals surface area (Å²) in [7, 11) is 0. The van der Waals surface area contributed by atoms with Gasteiger partial charge in [-0.15, -0.1) is 11.3 Å². The molecule has 0 aromatic carbocycles. The van der Waals surface area contributed by atoms with Crippen LogP contribution in [0, 0.1) is 5.41 Å². The van der Waals surface area contributed by atoms with Crippen molar-refractivity contribution in [3.05, 3.63) is 52.3 Å². The lowest BCUT2D eigenvalue weighted by molar-refractivity contribution is 0.487. The first kappa shape index (κ1) is 15.6. The molecule has 4 rings (SSSR count). The predicted molar refractivity (Wildman–Crippen MR) is 95.2 cm³/mol. The van der Waals surface area contributed by atoms with Crippen molar-refractivity contribution in [1.29, 1.82) is 0 Å². The van der Waals surface area contributed by atoms with Crippen molar-refractivity contribution in [1.82, 2.24) is 24.7 Å². The molecule has 5 nitrogen and oxygen atoms in total. The number of nitrogens with one attached hydrogen (secondary N) is 1. The minimum absolute atomic E-state index is 0.00950. The van der Waals surface area contributed by atoms with Crippen LogP contribution in [-0.2, 0) is 24.8 Å². The van der Waals surface area contributed by atoms with Gasteiger partial charge in [-0.2, -0.15) is 5.10 Å². The Morgan fingerprint density at radius 3 is 2.79 bits per heavy atom. The fourth-order valence-corrected chi connectivity index (χ4v) is 4.81. The molecule has 1 aliphatic carbocycles. The van der Waals surface area contributed by atoms with Gasteiger partial charge in [-0.25, -0.2) is 14.6 Å². The number of imidazole rings is 1. The molecule has 1 atom stereocenters. The van der Waals surface area contributed by atoms with Crippen LogP contribution in [0.25, 0.3) is 0 Å². The maximum absolute atomic E-state index is 4.95. The van der Waals surface area contributed by atoms with Gasteiger partial charge < -0.3 is 4.98 Å². The van der Waals surface area contributed by atoms with E-state index in [2.05, 4.69) is 52.9 Å². The summed E-state index contributed by atoms with van der Waals surface area (Å²) < 4.78 is 2.13. The normalized spacial score (nSPS) is 22.0. The van der Waals surface area contributed by atoms with Crippen molar-refractivity contribution >= 4 is 11.3 Å². The molecule has 0 aliphatic heterocycles. The number of aromatic nitrogens is 5. The summed E-state index contributed by atoms with van der Waals surface area (Å²) in [5, 5.41) is 6.95. The molecule has 1 saturated carbocycles. The summed E-state index contributed by atoms with van der Waals surface area (Å²) in [6, 6.07) is 4.39. The number of nitrogens with zero attached hydrogens (tertiary/aromatic N) is 4. The third-order valence-electron chi connectivity index (χ3n) is 5.24. The Morgan fingerprint density at radius 1 is 1.38 bits per heavy atom. The van der Waals surface area contributed by atoms with E-state index in [4.69, 9.17) is 10.1 Å². The molecular formula is C18H23N5S. The molecule has 126 valence electrons. The third kappa shape index (κ3) is 2.32. The lowest BCUT2D eigenvalue weighted by Gasteiger charge is -2.19. The number of hydrogen-bond donors (Lipinski definition) is 1. The van der Waals surface area contributed by atoms with Crippen LogP contribution in [0.3, 0.4) is 0 Å². The molecule has 0 amide bonds. The van der Waals surface area contributed by atoms with Gasteiger partial charge >= 0.3 is 0 Å². The summed E-state index contributed by atoms with van der Waals surface area (Å²) in [5.41, 5.74) is 1.37. The molecule has 0 spiro atoms. The molecule has 3 heterocycles. The lowest BCUT2D eigenvalue weighted by Crippen LogP contribution is -2.22. The molecule has 1 fully saturated rings. The molecule has 0 radical (unpaired) electrons. The minimum Gasteiger partial charge on any atom is -0.348 e. The van der Waals surface area contributed by atoms with E-state index < -0.39 is 0 Å². The number of thiophene rings is 1. The Balaban J connectivity index is 1.73. The van der Waals surface area contributed by atoms with Crippen molar-refractivity contribution in [3.63, 3.8) is 0 Å². The molecule has 24 heavy (non-hydrogen) atoms. The second-order valence-electron chi connectivity index (χ2n) is 7.20. The highest BCUT2D eigenvalue weighted by atomic mass is 32.1. The van der Waals surface area contributed by atoms with Crippen molar-refractivity contribution in [2.45, 2.75) is 52.0 Å². The van der Waals surface area contributed by atoms with Gasteiger partial charge in [0.25, 0.3) is 0 Å². The summed E-state index contributed by atoms with van der Waals surface area (Å²) >= 11 is 1.83. The van der Waals surface area contributed by atoms with E-state index in [0.29, 0.717) is 0 Å². The van der Waals surface area contributed by atoms with Gasteiger partial charge in [-0.05, 0) is 23.3 Å². The van der Waals surface area contributed by atoms with Gasteiger partial charge in [-0.1, -0.05) is 26.8 Å². The van der Waals surface area contributed by atoms with E-state index in [0.717, 1.165) is 43.1 Å². The third-order valence-corrected chi connectivity index (χ3v) is 6.27. The van der Waals surface area contributed by atoms with Crippen LogP contribution in [0.2, 0.25) is 0 Å². The summed E-state index contributed by atoms with van der Waals surface area (Å²) in [5.74, 6) is 2.07. The fourth-order valence-electron chi connectivity index (χ4n) is 3.71. The van der Waals surface area contributed by atoms with Gasteiger partial charge in [-0.3, -0.25) is 0 Å². The Labute approximate surface area is 146 Å². The zero-order valence-electron chi connectivity index (χ0n) is 14.4. The molecule has 0 bridgehead atoms. The van der Waals surface area contributed by atoms with E-state index in [1.165, 1.54) is 4.88 Å². The van der Waals surface area contributed by atoms with Crippen LogP contribution in [-0.4, -0.2) is 24.7 Å². The lowest BCUT2D eigenvalue weighted by atomic mass is 9.93. The standard InChI is InChI=1S/C18H23N5S/c1-4-15-21-16(23(22-15)8-7-13-10-19-12-20-13)18(11-17(18,2)3)14-6-5-9-24-14/h5-6,9-10,12H,4,7-8,11H2,1-3H3,(H,19,20). The second-order valence-corrected chi connectivity index (χ2v) is 8.15. The van der Waals surface area contributed by atoms with Crippen molar-refractivity contribution in [2.75, 3.05) is 0 Å². The topological polar surface area (TPSA) is 59.4 Å². The molecule has 3 aromatic rings. The Kier molecular flexibility index (Phi) is 3.60. The Morgan fingerprint density at radius 2 is 2.21 bits per heavy atom. The smallest absolute Gasteiger partial charge is 0.150 e. The number of aromatic amines is 1. The molecular weight excluding hydrogens is 318 g/mol. The van der Waals surface area contributed by atoms with Crippen LogP contribution in [0.4, 0.5) is 0 Å². The first-order valence-electron chi connectivity index (χ1n) is 8.52. The quantitative estimate of drug-likeness (QED) is 0.745. The fraction of sp³-hybridized carbons (Fsp3) is 0.500. The largest absolute Gasteiger partial charge is 0.348 e.